The molecule has 1 rings (SSSR count). The molecule has 0 aromatic carbocycles. The number of hydrogen-bond donors (Lipinski definition) is 2. The van der Waals surface area contributed by atoms with E-state index >= 15 is 0 Å². The van der Waals surface area contributed by atoms with Gasteiger partial charge in [-0.1, -0.05) is 20.3 Å². The number of rotatable bonds is 5. The number of pyridine rings is 1. The van der Waals surface area contributed by atoms with Crippen LogP contribution in [0.25, 0.3) is 0 Å². The van der Waals surface area contributed by atoms with Crippen LogP contribution in [0.1, 0.15) is 55.2 Å². The van der Waals surface area contributed by atoms with E-state index in [4.69, 9.17) is 0 Å². The lowest BCUT2D eigenvalue weighted by Gasteiger charge is -2.13. The van der Waals surface area contributed by atoms with E-state index in [9.17, 15) is 9.59 Å². The van der Waals surface area contributed by atoms with Gasteiger partial charge in [0, 0.05) is 11.7 Å². The van der Waals surface area contributed by atoms with E-state index in [1.54, 1.807) is 6.07 Å². The van der Waals surface area contributed by atoms with Crippen LogP contribution >= 0.6 is 0 Å². The largest absolute Gasteiger partial charge is 0.349 e. The predicted octanol–water partition coefficient (Wildman–Crippen LogP) is 2.16. The minimum absolute atomic E-state index is 0.0910. The van der Waals surface area contributed by atoms with E-state index in [1.165, 1.54) is 0 Å². The van der Waals surface area contributed by atoms with E-state index in [1.807, 2.05) is 20.8 Å². The van der Waals surface area contributed by atoms with Crippen molar-refractivity contribution in [1.29, 1.82) is 0 Å². The summed E-state index contributed by atoms with van der Waals surface area (Å²) >= 11 is 0. The van der Waals surface area contributed by atoms with Crippen molar-refractivity contribution in [1.82, 2.24) is 10.3 Å². The van der Waals surface area contributed by atoms with Crippen LogP contribution in [0.15, 0.2) is 10.9 Å². The fraction of sp³-hybridized carbons (Fsp3) is 0.571. The van der Waals surface area contributed by atoms with Gasteiger partial charge in [0.1, 0.15) is 5.56 Å². The van der Waals surface area contributed by atoms with Crippen LogP contribution in [-0.2, 0) is 6.42 Å². The highest BCUT2D eigenvalue weighted by atomic mass is 16.2. The van der Waals surface area contributed by atoms with Crippen molar-refractivity contribution in [2.75, 3.05) is 0 Å². The molecule has 0 aliphatic heterocycles. The summed E-state index contributed by atoms with van der Waals surface area (Å²) in [6.45, 7) is 7.87. The Morgan fingerprint density at radius 2 is 2.11 bits per heavy atom. The third-order valence-corrected chi connectivity index (χ3v) is 3.07. The lowest BCUT2D eigenvalue weighted by Crippen LogP contribution is -2.36. The number of carbonyl (C=O) groups excluding carboxylic acids is 1. The van der Waals surface area contributed by atoms with Gasteiger partial charge >= 0.3 is 0 Å². The quantitative estimate of drug-likeness (QED) is 0.841. The number of aromatic nitrogens is 1. The normalized spacial score (nSPS) is 12.2. The number of H-pyrrole nitrogens is 1. The van der Waals surface area contributed by atoms with Crippen LogP contribution in [0.3, 0.4) is 0 Å². The zero-order valence-corrected chi connectivity index (χ0v) is 11.6. The molecule has 0 fully saturated rings. The van der Waals surface area contributed by atoms with Gasteiger partial charge in [-0.2, -0.15) is 0 Å². The summed E-state index contributed by atoms with van der Waals surface area (Å²) < 4.78 is 0. The van der Waals surface area contributed by atoms with Gasteiger partial charge in [0.25, 0.3) is 11.5 Å². The Balaban J connectivity index is 2.95. The maximum absolute atomic E-state index is 12.0. The maximum Gasteiger partial charge on any atom is 0.261 e. The molecule has 1 heterocycles. The lowest BCUT2D eigenvalue weighted by molar-refractivity contribution is 0.0936. The van der Waals surface area contributed by atoms with Crippen LogP contribution in [0.5, 0.6) is 0 Å². The highest BCUT2D eigenvalue weighted by Crippen LogP contribution is 2.06. The van der Waals surface area contributed by atoms with E-state index < -0.39 is 0 Å². The van der Waals surface area contributed by atoms with Gasteiger partial charge < -0.3 is 10.3 Å². The summed E-state index contributed by atoms with van der Waals surface area (Å²) in [6.07, 6.45) is 2.72. The van der Waals surface area contributed by atoms with Crippen LogP contribution in [0, 0.1) is 6.92 Å². The smallest absolute Gasteiger partial charge is 0.261 e. The molecule has 4 heteroatoms. The van der Waals surface area contributed by atoms with Gasteiger partial charge in [0.2, 0.25) is 0 Å². The Labute approximate surface area is 108 Å². The second-order valence-electron chi connectivity index (χ2n) is 4.68. The van der Waals surface area contributed by atoms with Gasteiger partial charge in [-0.3, -0.25) is 9.59 Å². The van der Waals surface area contributed by atoms with E-state index in [2.05, 4.69) is 17.2 Å². The van der Waals surface area contributed by atoms with Crippen molar-refractivity contribution >= 4 is 5.91 Å². The number of nitrogens with one attached hydrogen (secondary N) is 2. The Morgan fingerprint density at radius 1 is 1.44 bits per heavy atom. The fourth-order valence-electron chi connectivity index (χ4n) is 2.01. The molecule has 0 saturated heterocycles. The zero-order valence-electron chi connectivity index (χ0n) is 11.6. The number of carbonyl (C=O) groups is 1. The molecule has 0 bridgehead atoms. The Morgan fingerprint density at radius 3 is 2.67 bits per heavy atom. The molecular formula is C14H22N2O2. The van der Waals surface area contributed by atoms with Gasteiger partial charge in [-0.25, -0.2) is 0 Å². The third-order valence-electron chi connectivity index (χ3n) is 3.07. The second kappa shape index (κ2) is 6.38. The minimum Gasteiger partial charge on any atom is -0.349 e. The van der Waals surface area contributed by atoms with Crippen molar-refractivity contribution in [2.24, 2.45) is 0 Å². The molecule has 18 heavy (non-hydrogen) atoms. The van der Waals surface area contributed by atoms with Crippen LogP contribution in [0.2, 0.25) is 0 Å². The number of hydrogen-bond acceptors (Lipinski definition) is 2. The Bertz CT molecular complexity index is 477. The lowest BCUT2D eigenvalue weighted by atomic mass is 10.1. The average Bonchev–Trinajstić information content (AvgIpc) is 2.29. The average molecular weight is 250 g/mol. The first-order valence-electron chi connectivity index (χ1n) is 6.53. The molecule has 0 spiro atoms. The van der Waals surface area contributed by atoms with Crippen molar-refractivity contribution in [3.05, 3.63) is 33.2 Å². The third kappa shape index (κ3) is 3.45. The number of amides is 1. The summed E-state index contributed by atoms with van der Waals surface area (Å²) in [4.78, 5) is 26.5. The van der Waals surface area contributed by atoms with Crippen molar-refractivity contribution in [3.63, 3.8) is 0 Å². The molecule has 0 aliphatic carbocycles. The van der Waals surface area contributed by atoms with E-state index in [0.29, 0.717) is 0 Å². The fourth-order valence-corrected chi connectivity index (χ4v) is 2.01. The molecule has 4 nitrogen and oxygen atoms in total. The Kier molecular flexibility index (Phi) is 5.13. The molecule has 1 amide bonds. The zero-order chi connectivity index (χ0) is 13.7. The standard InChI is InChI=1S/C14H22N2O2/c1-5-7-9(3)15-13(17)12-8-11(6-2)10(4)16-14(12)18/h8-9H,5-7H2,1-4H3,(H,15,17)(H,16,18)/t9-/m1/s1. The topological polar surface area (TPSA) is 62.0 Å². The summed E-state index contributed by atoms with van der Waals surface area (Å²) in [5.41, 5.74) is 1.73. The van der Waals surface area contributed by atoms with Gasteiger partial charge in [-0.05, 0) is 38.3 Å². The van der Waals surface area contributed by atoms with Crippen molar-refractivity contribution in [3.8, 4) is 0 Å². The molecule has 1 aromatic rings. The number of aryl methyl sites for hydroxylation is 2. The Hall–Kier alpha value is -1.58. The molecule has 1 aromatic heterocycles. The summed E-state index contributed by atoms with van der Waals surface area (Å²) in [5, 5.41) is 2.85. The second-order valence-corrected chi connectivity index (χ2v) is 4.68. The molecule has 1 atom stereocenters. The van der Waals surface area contributed by atoms with Gasteiger partial charge in [0.05, 0.1) is 0 Å². The summed E-state index contributed by atoms with van der Waals surface area (Å²) in [5.74, 6) is -0.285. The highest BCUT2D eigenvalue weighted by molar-refractivity contribution is 5.94. The summed E-state index contributed by atoms with van der Waals surface area (Å²) in [7, 11) is 0. The molecule has 0 saturated carbocycles. The summed E-state index contributed by atoms with van der Waals surface area (Å²) in [6, 6.07) is 1.79. The molecule has 2 N–H and O–H groups in total. The highest BCUT2D eigenvalue weighted by Gasteiger charge is 2.14. The van der Waals surface area contributed by atoms with Crippen LogP contribution in [-0.4, -0.2) is 16.9 Å². The maximum atomic E-state index is 12.0. The van der Waals surface area contributed by atoms with E-state index in [0.717, 1.165) is 30.5 Å². The number of aromatic amines is 1. The monoisotopic (exact) mass is 250 g/mol. The van der Waals surface area contributed by atoms with Crippen molar-refractivity contribution < 1.29 is 4.79 Å². The van der Waals surface area contributed by atoms with Gasteiger partial charge in [-0.15, -0.1) is 0 Å². The molecule has 0 radical (unpaired) electrons. The first kappa shape index (κ1) is 14.5. The van der Waals surface area contributed by atoms with Crippen LogP contribution in [0.4, 0.5) is 0 Å². The predicted molar refractivity (Wildman–Crippen MR) is 73.0 cm³/mol. The van der Waals surface area contributed by atoms with E-state index in [-0.39, 0.29) is 23.1 Å². The van der Waals surface area contributed by atoms with Crippen LogP contribution < -0.4 is 10.9 Å². The molecule has 100 valence electrons. The molecule has 0 unspecified atom stereocenters. The van der Waals surface area contributed by atoms with Crippen molar-refractivity contribution in [2.45, 2.75) is 53.0 Å². The SMILES string of the molecule is CCC[C@@H](C)NC(=O)c1cc(CC)c(C)[nH]c1=O. The first-order chi connectivity index (χ1) is 8.49. The molecular weight excluding hydrogens is 228 g/mol. The first-order valence-corrected chi connectivity index (χ1v) is 6.53. The van der Waals surface area contributed by atoms with Gasteiger partial charge in [0.15, 0.2) is 0 Å². The minimum atomic E-state index is -0.314. The molecule has 0 aliphatic rings.